The van der Waals surface area contributed by atoms with Crippen molar-refractivity contribution in [1.82, 2.24) is 15.5 Å². The number of imide groups is 1. The van der Waals surface area contributed by atoms with E-state index in [4.69, 9.17) is 5.73 Å². The van der Waals surface area contributed by atoms with Crippen LogP contribution in [0.1, 0.15) is 47.7 Å². The fourth-order valence-electron chi connectivity index (χ4n) is 3.39. The van der Waals surface area contributed by atoms with E-state index in [9.17, 15) is 14.4 Å². The zero-order valence-corrected chi connectivity index (χ0v) is 14.4. The Labute approximate surface area is 146 Å². The lowest BCUT2D eigenvalue weighted by Crippen LogP contribution is -2.52. The molecular formula is C18H24N4O3. The molecule has 4 N–H and O–H groups in total. The molecule has 25 heavy (non-hydrogen) atoms. The first-order valence-corrected chi connectivity index (χ1v) is 8.69. The molecule has 0 aliphatic carbocycles. The van der Waals surface area contributed by atoms with Crippen molar-refractivity contribution in [3.63, 3.8) is 0 Å². The van der Waals surface area contributed by atoms with E-state index in [1.807, 2.05) is 25.1 Å². The number of rotatable bonds is 6. The molecular weight excluding hydrogens is 320 g/mol. The molecule has 2 heterocycles. The summed E-state index contributed by atoms with van der Waals surface area (Å²) in [5, 5.41) is 5.64. The van der Waals surface area contributed by atoms with Gasteiger partial charge in [0.2, 0.25) is 11.8 Å². The van der Waals surface area contributed by atoms with Crippen LogP contribution in [-0.2, 0) is 22.7 Å². The van der Waals surface area contributed by atoms with Gasteiger partial charge < -0.3 is 16.0 Å². The maximum absolute atomic E-state index is 12.9. The average Bonchev–Trinajstić information content (AvgIpc) is 2.89. The molecule has 2 aliphatic rings. The van der Waals surface area contributed by atoms with Gasteiger partial charge in [0.1, 0.15) is 6.04 Å². The summed E-state index contributed by atoms with van der Waals surface area (Å²) < 4.78 is 0. The van der Waals surface area contributed by atoms with Crippen LogP contribution in [0.25, 0.3) is 0 Å². The Morgan fingerprint density at radius 2 is 2.16 bits per heavy atom. The van der Waals surface area contributed by atoms with Crippen LogP contribution in [0.4, 0.5) is 0 Å². The van der Waals surface area contributed by atoms with Gasteiger partial charge in [-0.3, -0.25) is 19.7 Å². The van der Waals surface area contributed by atoms with Gasteiger partial charge in [0.05, 0.1) is 0 Å². The number of nitrogens with one attached hydrogen (secondary N) is 2. The van der Waals surface area contributed by atoms with E-state index in [0.717, 1.165) is 24.1 Å². The van der Waals surface area contributed by atoms with Crippen LogP contribution in [0.2, 0.25) is 0 Å². The molecule has 2 aliphatic heterocycles. The fourth-order valence-corrected chi connectivity index (χ4v) is 3.39. The number of carbonyl (C=O) groups is 3. The van der Waals surface area contributed by atoms with Gasteiger partial charge in [-0.15, -0.1) is 0 Å². The lowest BCUT2D eigenvalue weighted by Gasteiger charge is -2.29. The number of hydrogen-bond acceptors (Lipinski definition) is 5. The highest BCUT2D eigenvalue weighted by Gasteiger charge is 2.39. The molecule has 1 fully saturated rings. The van der Waals surface area contributed by atoms with Crippen molar-refractivity contribution in [2.45, 2.75) is 51.4 Å². The minimum Gasteiger partial charge on any atom is -0.328 e. The van der Waals surface area contributed by atoms with E-state index in [2.05, 4.69) is 10.6 Å². The summed E-state index contributed by atoms with van der Waals surface area (Å²) in [5.74, 6) is -0.785. The van der Waals surface area contributed by atoms with Crippen LogP contribution in [0, 0.1) is 0 Å². The van der Waals surface area contributed by atoms with Crippen molar-refractivity contribution in [3.8, 4) is 0 Å². The molecule has 0 aromatic heterocycles. The van der Waals surface area contributed by atoms with Crippen LogP contribution >= 0.6 is 0 Å². The first-order chi connectivity index (χ1) is 12.0. The average molecular weight is 344 g/mol. The quantitative estimate of drug-likeness (QED) is 0.508. The van der Waals surface area contributed by atoms with Crippen molar-refractivity contribution in [2.24, 2.45) is 5.73 Å². The van der Waals surface area contributed by atoms with E-state index >= 15 is 0 Å². The number of benzene rings is 1. The van der Waals surface area contributed by atoms with Gasteiger partial charge >= 0.3 is 0 Å². The molecule has 2 atom stereocenters. The van der Waals surface area contributed by atoms with E-state index in [1.54, 1.807) is 4.90 Å². The van der Waals surface area contributed by atoms with E-state index in [1.165, 1.54) is 0 Å². The molecule has 1 aromatic carbocycles. The lowest BCUT2D eigenvalue weighted by molar-refractivity contribution is -0.136. The summed E-state index contributed by atoms with van der Waals surface area (Å²) in [5.41, 5.74) is 8.29. The second kappa shape index (κ2) is 7.33. The van der Waals surface area contributed by atoms with E-state index in [0.29, 0.717) is 25.1 Å². The number of nitrogens with two attached hydrogens (primary N) is 1. The Bertz CT molecular complexity index is 702. The summed E-state index contributed by atoms with van der Waals surface area (Å²) in [4.78, 5) is 37.9. The summed E-state index contributed by atoms with van der Waals surface area (Å²) in [6.45, 7) is 3.74. The van der Waals surface area contributed by atoms with Gasteiger partial charge in [-0.2, -0.15) is 0 Å². The molecule has 134 valence electrons. The normalized spacial score (nSPS) is 21.3. The largest absolute Gasteiger partial charge is 0.328 e. The number of nitrogens with zero attached hydrogens (tertiary/aromatic N) is 1. The molecule has 0 spiro atoms. The minimum absolute atomic E-state index is 0.130. The zero-order chi connectivity index (χ0) is 18.0. The third-order valence-corrected chi connectivity index (χ3v) is 4.73. The molecule has 0 bridgehead atoms. The summed E-state index contributed by atoms with van der Waals surface area (Å²) in [7, 11) is 0. The number of fused-ring (bicyclic) bond motifs is 1. The Morgan fingerprint density at radius 3 is 2.88 bits per heavy atom. The van der Waals surface area contributed by atoms with Crippen LogP contribution in [0.5, 0.6) is 0 Å². The van der Waals surface area contributed by atoms with Crippen LogP contribution in [0.15, 0.2) is 18.2 Å². The molecule has 1 unspecified atom stereocenters. The van der Waals surface area contributed by atoms with Crippen molar-refractivity contribution in [1.29, 1.82) is 0 Å². The Kier molecular flexibility index (Phi) is 5.15. The van der Waals surface area contributed by atoms with E-state index in [-0.39, 0.29) is 30.2 Å². The van der Waals surface area contributed by atoms with Gasteiger partial charge in [0.25, 0.3) is 5.91 Å². The molecule has 1 aromatic rings. The molecule has 0 radical (unpaired) electrons. The number of hydrogen-bond donors (Lipinski definition) is 3. The Hall–Kier alpha value is -2.25. The first kappa shape index (κ1) is 17.6. The van der Waals surface area contributed by atoms with Crippen molar-refractivity contribution >= 4 is 17.7 Å². The van der Waals surface area contributed by atoms with Gasteiger partial charge in [0.15, 0.2) is 0 Å². The minimum atomic E-state index is -0.573. The number of carbonyl (C=O) groups excluding carboxylic acids is 3. The van der Waals surface area contributed by atoms with Gasteiger partial charge in [-0.05, 0) is 37.4 Å². The number of piperidine rings is 1. The highest BCUT2D eigenvalue weighted by molar-refractivity contribution is 6.05. The SMILES string of the molecule is C[C@H](N)CCNCc1cccc2c1C(=O)N(C1CCC(=O)NC1=O)C2. The van der Waals surface area contributed by atoms with Crippen molar-refractivity contribution < 1.29 is 14.4 Å². The van der Waals surface area contributed by atoms with Crippen LogP contribution in [0.3, 0.4) is 0 Å². The smallest absolute Gasteiger partial charge is 0.255 e. The summed E-state index contributed by atoms with van der Waals surface area (Å²) in [6.07, 6.45) is 1.51. The molecule has 3 amide bonds. The molecule has 3 rings (SSSR count). The highest BCUT2D eigenvalue weighted by Crippen LogP contribution is 2.29. The third kappa shape index (κ3) is 3.72. The summed E-state index contributed by atoms with van der Waals surface area (Å²) in [6, 6.07) is 5.35. The summed E-state index contributed by atoms with van der Waals surface area (Å²) >= 11 is 0. The monoisotopic (exact) mass is 344 g/mol. The van der Waals surface area contributed by atoms with Gasteiger partial charge in [0, 0.05) is 31.1 Å². The fraction of sp³-hybridized carbons (Fsp3) is 0.500. The third-order valence-electron chi connectivity index (χ3n) is 4.73. The predicted octanol–water partition coefficient (Wildman–Crippen LogP) is 0.275. The zero-order valence-electron chi connectivity index (χ0n) is 14.4. The first-order valence-electron chi connectivity index (χ1n) is 8.69. The topological polar surface area (TPSA) is 105 Å². The molecule has 7 heteroatoms. The maximum atomic E-state index is 12.9. The van der Waals surface area contributed by atoms with Gasteiger partial charge in [-0.25, -0.2) is 0 Å². The van der Waals surface area contributed by atoms with Gasteiger partial charge in [-0.1, -0.05) is 18.2 Å². The lowest BCUT2D eigenvalue weighted by atomic mass is 10.0. The van der Waals surface area contributed by atoms with E-state index < -0.39 is 6.04 Å². The number of amides is 3. The van der Waals surface area contributed by atoms with Crippen molar-refractivity contribution in [2.75, 3.05) is 6.54 Å². The Balaban J connectivity index is 1.72. The Morgan fingerprint density at radius 1 is 1.36 bits per heavy atom. The van der Waals surface area contributed by atoms with Crippen LogP contribution < -0.4 is 16.4 Å². The second-order valence-corrected chi connectivity index (χ2v) is 6.79. The standard InChI is InChI=1S/C18H24N4O3/c1-11(19)7-8-20-9-12-3-2-4-13-10-22(18(25)16(12)13)14-5-6-15(23)21-17(14)24/h2-4,11,14,20H,5-10,19H2,1H3,(H,21,23,24)/t11-,14?/m0/s1. The maximum Gasteiger partial charge on any atom is 0.255 e. The van der Waals surface area contributed by atoms with Crippen molar-refractivity contribution in [3.05, 3.63) is 34.9 Å². The molecule has 0 saturated carbocycles. The second-order valence-electron chi connectivity index (χ2n) is 6.79. The highest BCUT2D eigenvalue weighted by atomic mass is 16.2. The van der Waals surface area contributed by atoms with Crippen LogP contribution in [-0.4, -0.2) is 41.2 Å². The molecule has 1 saturated heterocycles. The predicted molar refractivity (Wildman–Crippen MR) is 92.5 cm³/mol. The molecule has 7 nitrogen and oxygen atoms in total.